The molecule has 0 aliphatic rings. The molecule has 3 aromatic rings. The molecule has 0 bridgehead atoms. The second-order valence-electron chi connectivity index (χ2n) is 4.96. The average molecular weight is 316 g/mol. The van der Waals surface area contributed by atoms with Gasteiger partial charge in [-0.25, -0.2) is 0 Å². The van der Waals surface area contributed by atoms with E-state index in [1.54, 1.807) is 0 Å². The lowest BCUT2D eigenvalue weighted by atomic mass is 9.94. The quantitative estimate of drug-likeness (QED) is 0.677. The van der Waals surface area contributed by atoms with Crippen molar-refractivity contribution in [3.05, 3.63) is 81.8 Å². The summed E-state index contributed by atoms with van der Waals surface area (Å²) in [4.78, 5) is 0. The summed E-state index contributed by atoms with van der Waals surface area (Å²) in [5.74, 6) is 0. The Labute approximate surface area is 134 Å². The van der Waals surface area contributed by atoms with Crippen LogP contribution in [0.15, 0.2) is 60.7 Å². The lowest BCUT2D eigenvalue weighted by molar-refractivity contribution is 0.697. The number of nitrogens with one attached hydrogen (secondary N) is 1. The van der Waals surface area contributed by atoms with Crippen molar-refractivity contribution in [2.45, 2.75) is 6.04 Å². The van der Waals surface area contributed by atoms with Crippen LogP contribution in [-0.4, -0.2) is 7.05 Å². The summed E-state index contributed by atoms with van der Waals surface area (Å²) in [5.41, 5.74) is 2.18. The van der Waals surface area contributed by atoms with E-state index in [0.717, 1.165) is 5.56 Å². The first-order valence-corrected chi connectivity index (χ1v) is 7.56. The van der Waals surface area contributed by atoms with Crippen LogP contribution in [0.3, 0.4) is 0 Å². The smallest absolute Gasteiger partial charge is 0.0595 e. The van der Waals surface area contributed by atoms with Crippen molar-refractivity contribution in [2.75, 3.05) is 7.05 Å². The molecule has 3 rings (SSSR count). The van der Waals surface area contributed by atoms with E-state index in [4.69, 9.17) is 23.2 Å². The first kappa shape index (κ1) is 14.4. The highest BCUT2D eigenvalue weighted by Gasteiger charge is 2.17. The van der Waals surface area contributed by atoms with Crippen LogP contribution in [0.2, 0.25) is 10.0 Å². The molecule has 3 aromatic carbocycles. The minimum Gasteiger partial charge on any atom is -0.309 e. The van der Waals surface area contributed by atoms with E-state index in [-0.39, 0.29) is 6.04 Å². The van der Waals surface area contributed by atoms with Crippen molar-refractivity contribution in [3.8, 4) is 0 Å². The molecule has 0 aliphatic carbocycles. The average Bonchev–Trinajstić information content (AvgIpc) is 2.51. The van der Waals surface area contributed by atoms with Crippen LogP contribution < -0.4 is 5.32 Å². The summed E-state index contributed by atoms with van der Waals surface area (Å²) in [7, 11) is 1.93. The molecule has 3 heteroatoms. The van der Waals surface area contributed by atoms with Crippen molar-refractivity contribution >= 4 is 34.0 Å². The molecule has 0 amide bonds. The van der Waals surface area contributed by atoms with Crippen molar-refractivity contribution in [3.63, 3.8) is 0 Å². The first-order valence-electron chi connectivity index (χ1n) is 6.80. The van der Waals surface area contributed by atoms with Gasteiger partial charge in [-0.1, -0.05) is 65.7 Å². The Bertz CT molecular complexity index is 778. The predicted molar refractivity (Wildman–Crippen MR) is 91.3 cm³/mol. The first-order chi connectivity index (χ1) is 10.2. The van der Waals surface area contributed by atoms with Crippen LogP contribution in [-0.2, 0) is 0 Å². The molecule has 0 saturated heterocycles. The zero-order valence-electron chi connectivity index (χ0n) is 11.6. The van der Waals surface area contributed by atoms with Gasteiger partial charge in [0.05, 0.1) is 6.04 Å². The van der Waals surface area contributed by atoms with Crippen molar-refractivity contribution in [1.82, 2.24) is 5.32 Å². The van der Waals surface area contributed by atoms with Gasteiger partial charge >= 0.3 is 0 Å². The summed E-state index contributed by atoms with van der Waals surface area (Å²) in [6.07, 6.45) is 0. The molecular weight excluding hydrogens is 301 g/mol. The summed E-state index contributed by atoms with van der Waals surface area (Å²) in [6.45, 7) is 0. The standard InChI is InChI=1S/C18H15Cl2N/c1-21-18(16-11-13(19)9-10-17(16)20)15-8-4-6-12-5-2-3-7-14(12)15/h2-11,18,21H,1H3. The third-order valence-corrected chi connectivity index (χ3v) is 4.27. The normalized spacial score (nSPS) is 12.5. The van der Waals surface area contributed by atoms with E-state index < -0.39 is 0 Å². The molecule has 0 fully saturated rings. The van der Waals surface area contributed by atoms with Crippen LogP contribution >= 0.6 is 23.2 Å². The maximum atomic E-state index is 6.37. The minimum absolute atomic E-state index is 0.00213. The fourth-order valence-electron chi connectivity index (χ4n) is 2.72. The van der Waals surface area contributed by atoms with Gasteiger partial charge in [-0.05, 0) is 47.1 Å². The zero-order chi connectivity index (χ0) is 14.8. The summed E-state index contributed by atoms with van der Waals surface area (Å²) in [5, 5.41) is 7.19. The van der Waals surface area contributed by atoms with Gasteiger partial charge in [0.2, 0.25) is 0 Å². The second-order valence-corrected chi connectivity index (χ2v) is 5.80. The molecule has 0 aliphatic heterocycles. The fraction of sp³-hybridized carbons (Fsp3) is 0.111. The van der Waals surface area contributed by atoms with Gasteiger partial charge in [0, 0.05) is 10.0 Å². The summed E-state index contributed by atoms with van der Waals surface area (Å²) in [6, 6.07) is 20.2. The van der Waals surface area contributed by atoms with Gasteiger partial charge in [-0.3, -0.25) is 0 Å². The van der Waals surface area contributed by atoms with E-state index in [1.807, 2.05) is 31.3 Å². The van der Waals surface area contributed by atoms with Gasteiger partial charge in [-0.2, -0.15) is 0 Å². The molecule has 106 valence electrons. The Morgan fingerprint density at radius 3 is 2.43 bits per heavy atom. The molecule has 0 saturated carbocycles. The van der Waals surface area contributed by atoms with E-state index in [1.165, 1.54) is 16.3 Å². The Balaban J connectivity index is 2.21. The van der Waals surface area contributed by atoms with E-state index in [2.05, 4.69) is 41.7 Å². The highest BCUT2D eigenvalue weighted by molar-refractivity contribution is 6.33. The Kier molecular flexibility index (Phi) is 4.16. The van der Waals surface area contributed by atoms with E-state index in [0.29, 0.717) is 10.0 Å². The Morgan fingerprint density at radius 2 is 1.62 bits per heavy atom. The fourth-order valence-corrected chi connectivity index (χ4v) is 3.12. The Hall–Kier alpha value is -1.54. The molecule has 0 radical (unpaired) electrons. The van der Waals surface area contributed by atoms with Gasteiger partial charge < -0.3 is 5.32 Å². The van der Waals surface area contributed by atoms with Crippen molar-refractivity contribution in [2.24, 2.45) is 0 Å². The number of fused-ring (bicyclic) bond motifs is 1. The Morgan fingerprint density at radius 1 is 0.857 bits per heavy atom. The number of hydrogen-bond acceptors (Lipinski definition) is 1. The summed E-state index contributed by atoms with van der Waals surface area (Å²) >= 11 is 12.5. The van der Waals surface area contributed by atoms with Crippen LogP contribution in [0, 0.1) is 0 Å². The molecule has 1 unspecified atom stereocenters. The molecule has 0 aromatic heterocycles. The lowest BCUT2D eigenvalue weighted by Gasteiger charge is -2.20. The highest BCUT2D eigenvalue weighted by atomic mass is 35.5. The van der Waals surface area contributed by atoms with Crippen molar-refractivity contribution < 1.29 is 0 Å². The SMILES string of the molecule is CNC(c1cc(Cl)ccc1Cl)c1cccc2ccccc12. The molecule has 0 heterocycles. The monoisotopic (exact) mass is 315 g/mol. The topological polar surface area (TPSA) is 12.0 Å². The van der Waals surface area contributed by atoms with Gasteiger partial charge in [0.1, 0.15) is 0 Å². The van der Waals surface area contributed by atoms with Crippen LogP contribution in [0.5, 0.6) is 0 Å². The zero-order valence-corrected chi connectivity index (χ0v) is 13.1. The highest BCUT2D eigenvalue weighted by Crippen LogP contribution is 2.33. The number of halogens is 2. The van der Waals surface area contributed by atoms with Gasteiger partial charge in [-0.15, -0.1) is 0 Å². The molecule has 1 N–H and O–H groups in total. The summed E-state index contributed by atoms with van der Waals surface area (Å²) < 4.78 is 0. The second kappa shape index (κ2) is 6.07. The van der Waals surface area contributed by atoms with Crippen LogP contribution in [0.1, 0.15) is 17.2 Å². The minimum atomic E-state index is 0.00213. The van der Waals surface area contributed by atoms with Gasteiger partial charge in [0.15, 0.2) is 0 Å². The predicted octanol–water partition coefficient (Wildman–Crippen LogP) is 5.46. The van der Waals surface area contributed by atoms with E-state index in [9.17, 15) is 0 Å². The molecular formula is C18H15Cl2N. The van der Waals surface area contributed by atoms with Crippen LogP contribution in [0.4, 0.5) is 0 Å². The molecule has 0 spiro atoms. The number of rotatable bonds is 3. The van der Waals surface area contributed by atoms with Crippen molar-refractivity contribution in [1.29, 1.82) is 0 Å². The van der Waals surface area contributed by atoms with E-state index >= 15 is 0 Å². The maximum Gasteiger partial charge on any atom is 0.0595 e. The number of benzene rings is 3. The van der Waals surface area contributed by atoms with Crippen LogP contribution in [0.25, 0.3) is 10.8 Å². The third-order valence-electron chi connectivity index (χ3n) is 3.69. The molecule has 21 heavy (non-hydrogen) atoms. The maximum absolute atomic E-state index is 6.37. The largest absolute Gasteiger partial charge is 0.309 e. The third kappa shape index (κ3) is 2.77. The number of hydrogen-bond donors (Lipinski definition) is 1. The molecule has 1 atom stereocenters. The lowest BCUT2D eigenvalue weighted by Crippen LogP contribution is -2.18. The van der Waals surface area contributed by atoms with Gasteiger partial charge in [0.25, 0.3) is 0 Å². The molecule has 1 nitrogen and oxygen atoms in total.